The van der Waals surface area contributed by atoms with Crippen LogP contribution in [0.1, 0.15) is 0 Å². The fourth-order valence-corrected chi connectivity index (χ4v) is 5.71. The lowest BCUT2D eigenvalue weighted by molar-refractivity contribution is 1.18. The van der Waals surface area contributed by atoms with Crippen LogP contribution in [0.25, 0.3) is 67.3 Å². The van der Waals surface area contributed by atoms with Crippen molar-refractivity contribution in [3.8, 4) is 67.3 Å². The zero-order chi connectivity index (χ0) is 29.0. The molecule has 0 atom stereocenters. The summed E-state index contributed by atoms with van der Waals surface area (Å²) in [4.78, 5) is 14.3. The molecule has 0 fully saturated rings. The number of hydrogen-bond donors (Lipinski definition) is 0. The van der Waals surface area contributed by atoms with Gasteiger partial charge in [-0.25, -0.2) is 9.97 Å². The first kappa shape index (κ1) is 26.7. The minimum absolute atomic E-state index is 0.697. The maximum absolute atomic E-state index is 5.06. The zero-order valence-electron chi connectivity index (χ0n) is 23.2. The van der Waals surface area contributed by atoms with E-state index in [0.29, 0.717) is 5.82 Å². The average Bonchev–Trinajstić information content (AvgIpc) is 3.09. The highest BCUT2D eigenvalue weighted by Gasteiger charge is 2.13. The molecule has 0 bridgehead atoms. The predicted molar refractivity (Wildman–Crippen MR) is 180 cm³/mol. The number of pyridine rings is 1. The van der Waals surface area contributed by atoms with Crippen molar-refractivity contribution in [3.05, 3.63) is 162 Å². The Bertz CT molecular complexity index is 1990. The highest BCUT2D eigenvalue weighted by Crippen LogP contribution is 2.34. The number of rotatable bonds is 6. The second-order valence-electron chi connectivity index (χ2n) is 10.3. The summed E-state index contributed by atoms with van der Waals surface area (Å²) in [5, 5.41) is 0. The lowest BCUT2D eigenvalue weighted by Crippen LogP contribution is -1.96. The van der Waals surface area contributed by atoms with Crippen LogP contribution in [0.4, 0.5) is 0 Å². The largest absolute Gasteiger partial charge is 0.264 e. The predicted octanol–water partition coefficient (Wildman–Crippen LogP) is 10.6. The molecule has 2 aromatic heterocycles. The smallest absolute Gasteiger partial charge is 0.160 e. The van der Waals surface area contributed by atoms with Gasteiger partial charge in [-0.2, -0.15) is 0 Å². The Hall–Kier alpha value is -5.19. The summed E-state index contributed by atoms with van der Waals surface area (Å²) in [5.41, 5.74) is 11.6. The van der Waals surface area contributed by atoms with Crippen molar-refractivity contribution in [1.82, 2.24) is 15.0 Å². The van der Waals surface area contributed by atoms with Crippen LogP contribution in [0, 0.1) is 0 Å². The van der Waals surface area contributed by atoms with Gasteiger partial charge in [-0.15, -0.1) is 0 Å². The van der Waals surface area contributed by atoms with E-state index >= 15 is 0 Å². The van der Waals surface area contributed by atoms with Crippen molar-refractivity contribution in [2.45, 2.75) is 0 Å². The van der Waals surface area contributed by atoms with E-state index in [1.807, 2.05) is 36.5 Å². The third-order valence-electron chi connectivity index (χ3n) is 7.45. The number of nitrogens with zero attached hydrogens (tertiary/aromatic N) is 3. The van der Waals surface area contributed by atoms with Crippen molar-refractivity contribution in [1.29, 1.82) is 0 Å². The topological polar surface area (TPSA) is 38.7 Å². The Kier molecular flexibility index (Phi) is 7.43. The Morgan fingerprint density at radius 1 is 0.372 bits per heavy atom. The number of halogens is 1. The van der Waals surface area contributed by atoms with E-state index < -0.39 is 0 Å². The minimum Gasteiger partial charge on any atom is -0.264 e. The second kappa shape index (κ2) is 12.0. The minimum atomic E-state index is 0.697. The van der Waals surface area contributed by atoms with E-state index in [2.05, 4.69) is 136 Å². The van der Waals surface area contributed by atoms with Crippen molar-refractivity contribution >= 4 is 15.9 Å². The highest BCUT2D eigenvalue weighted by molar-refractivity contribution is 9.10. The molecule has 0 aliphatic carbocycles. The summed E-state index contributed by atoms with van der Waals surface area (Å²) in [6.07, 6.45) is 3.68. The summed E-state index contributed by atoms with van der Waals surface area (Å²) >= 11 is 3.76. The molecule has 0 aliphatic heterocycles. The van der Waals surface area contributed by atoms with E-state index in [0.717, 1.165) is 54.8 Å². The van der Waals surface area contributed by atoms with Crippen molar-refractivity contribution in [3.63, 3.8) is 0 Å². The van der Waals surface area contributed by atoms with Crippen LogP contribution in [0.3, 0.4) is 0 Å². The third kappa shape index (κ3) is 5.92. The third-order valence-corrected chi connectivity index (χ3v) is 7.91. The summed E-state index contributed by atoms with van der Waals surface area (Å²) in [6.45, 7) is 0. The summed E-state index contributed by atoms with van der Waals surface area (Å²) < 4.78 is 0.991. The van der Waals surface area contributed by atoms with Crippen molar-refractivity contribution in [2.24, 2.45) is 0 Å². The maximum Gasteiger partial charge on any atom is 0.160 e. The molecule has 0 amide bonds. The molecular formula is C39H26BrN3. The van der Waals surface area contributed by atoms with E-state index in [1.165, 1.54) is 11.1 Å². The fourth-order valence-electron chi connectivity index (χ4n) is 5.22. The SMILES string of the molecule is Brc1cc(-c2ccc(-c3cccnc3)cc2)cc(-c2cc(-c3ccc(-c4ccccc4)cc3)nc(-c3ccccc3)n2)c1. The molecule has 3 nitrogen and oxygen atoms in total. The van der Waals surface area contributed by atoms with Crippen LogP contribution < -0.4 is 0 Å². The molecule has 7 rings (SSSR count). The molecule has 0 unspecified atom stereocenters. The molecule has 204 valence electrons. The van der Waals surface area contributed by atoms with Crippen LogP contribution in [-0.4, -0.2) is 15.0 Å². The number of hydrogen-bond acceptors (Lipinski definition) is 3. The Labute approximate surface area is 259 Å². The highest BCUT2D eigenvalue weighted by atomic mass is 79.9. The molecule has 0 aliphatic rings. The van der Waals surface area contributed by atoms with Gasteiger partial charge in [0.15, 0.2) is 5.82 Å². The quantitative estimate of drug-likeness (QED) is 0.187. The lowest BCUT2D eigenvalue weighted by atomic mass is 9.98. The molecular weight excluding hydrogens is 590 g/mol. The van der Waals surface area contributed by atoms with E-state index in [9.17, 15) is 0 Å². The van der Waals surface area contributed by atoms with Crippen LogP contribution >= 0.6 is 15.9 Å². The van der Waals surface area contributed by atoms with E-state index in [1.54, 1.807) is 6.20 Å². The van der Waals surface area contributed by atoms with Gasteiger partial charge in [-0.3, -0.25) is 4.98 Å². The van der Waals surface area contributed by atoms with Crippen LogP contribution in [0.15, 0.2) is 162 Å². The molecule has 2 heterocycles. The van der Waals surface area contributed by atoms with Gasteiger partial charge in [0.25, 0.3) is 0 Å². The van der Waals surface area contributed by atoms with Gasteiger partial charge >= 0.3 is 0 Å². The van der Waals surface area contributed by atoms with Gasteiger partial charge < -0.3 is 0 Å². The Morgan fingerprint density at radius 2 is 0.860 bits per heavy atom. The second-order valence-corrected chi connectivity index (χ2v) is 11.2. The zero-order valence-corrected chi connectivity index (χ0v) is 24.8. The fraction of sp³-hybridized carbons (Fsp3) is 0. The maximum atomic E-state index is 5.06. The van der Waals surface area contributed by atoms with Crippen LogP contribution in [-0.2, 0) is 0 Å². The Balaban J connectivity index is 1.29. The normalized spacial score (nSPS) is 10.9. The van der Waals surface area contributed by atoms with Gasteiger partial charge in [0.05, 0.1) is 11.4 Å². The Morgan fingerprint density at radius 3 is 1.49 bits per heavy atom. The first-order chi connectivity index (χ1) is 21.2. The molecule has 7 aromatic rings. The average molecular weight is 617 g/mol. The van der Waals surface area contributed by atoms with Gasteiger partial charge in [0.1, 0.15) is 0 Å². The van der Waals surface area contributed by atoms with Gasteiger partial charge in [-0.05, 0) is 63.7 Å². The van der Waals surface area contributed by atoms with Crippen LogP contribution in [0.2, 0.25) is 0 Å². The van der Waals surface area contributed by atoms with Crippen molar-refractivity contribution in [2.75, 3.05) is 0 Å². The first-order valence-electron chi connectivity index (χ1n) is 14.1. The monoisotopic (exact) mass is 615 g/mol. The molecule has 43 heavy (non-hydrogen) atoms. The molecule has 4 heteroatoms. The van der Waals surface area contributed by atoms with Gasteiger partial charge in [-0.1, -0.05) is 131 Å². The molecule has 0 saturated carbocycles. The summed E-state index contributed by atoms with van der Waals surface area (Å²) in [6, 6.07) is 50.3. The number of aromatic nitrogens is 3. The van der Waals surface area contributed by atoms with Gasteiger partial charge in [0.2, 0.25) is 0 Å². The molecule has 0 saturated heterocycles. The standard InChI is InChI=1S/C39H26BrN3/c40-36-23-34(30-15-13-29(14-16-30)33-12-7-21-41-26-33)22-35(24-36)38-25-37(42-39(43-38)32-10-5-2-6-11-32)31-19-17-28(18-20-31)27-8-3-1-4-9-27/h1-26H. The van der Waals surface area contributed by atoms with E-state index in [-0.39, 0.29) is 0 Å². The summed E-state index contributed by atoms with van der Waals surface area (Å²) in [7, 11) is 0. The molecule has 5 aromatic carbocycles. The molecule has 0 spiro atoms. The lowest BCUT2D eigenvalue weighted by Gasteiger charge is -2.12. The summed E-state index contributed by atoms with van der Waals surface area (Å²) in [5.74, 6) is 0.697. The van der Waals surface area contributed by atoms with Crippen molar-refractivity contribution < 1.29 is 0 Å². The van der Waals surface area contributed by atoms with Crippen LogP contribution in [0.5, 0.6) is 0 Å². The van der Waals surface area contributed by atoms with Gasteiger partial charge in [0, 0.05) is 33.6 Å². The molecule has 0 radical (unpaired) electrons. The number of benzene rings is 5. The van der Waals surface area contributed by atoms with E-state index in [4.69, 9.17) is 9.97 Å². The molecule has 0 N–H and O–H groups in total. The first-order valence-corrected chi connectivity index (χ1v) is 14.9.